The molecule has 0 radical (unpaired) electrons. The summed E-state index contributed by atoms with van der Waals surface area (Å²) in [7, 11) is 3.09. The molecule has 1 heterocycles. The molecule has 0 saturated carbocycles. The van der Waals surface area contributed by atoms with Gasteiger partial charge in [0.05, 0.1) is 26.4 Å². The molecule has 3 aromatic carbocycles. The number of carboxylic acid groups (broad SMARTS) is 1. The van der Waals surface area contributed by atoms with Crippen molar-refractivity contribution in [1.82, 2.24) is 10.3 Å². The average molecular weight is 566 g/mol. The number of benzene rings is 3. The number of anilines is 1. The Morgan fingerprint density at radius 2 is 1.68 bits per heavy atom. The Morgan fingerprint density at radius 1 is 1.02 bits per heavy atom. The Hall–Kier alpha value is -4.77. The predicted molar refractivity (Wildman–Crippen MR) is 149 cm³/mol. The molecule has 1 amide bonds. The summed E-state index contributed by atoms with van der Waals surface area (Å²) >= 11 is 0. The minimum Gasteiger partial charge on any atom is -0.496 e. The van der Waals surface area contributed by atoms with Crippen LogP contribution >= 0.6 is 0 Å². The Bertz CT molecular complexity index is 1560. The molecule has 9 nitrogen and oxygen atoms in total. The number of aromatic nitrogens is 1. The van der Waals surface area contributed by atoms with E-state index >= 15 is 0 Å². The van der Waals surface area contributed by atoms with E-state index in [0.717, 1.165) is 23.3 Å². The van der Waals surface area contributed by atoms with E-state index in [1.165, 1.54) is 0 Å². The topological polar surface area (TPSA) is 133 Å². The van der Waals surface area contributed by atoms with Crippen molar-refractivity contribution in [3.05, 3.63) is 83.2 Å². The second-order valence-electron chi connectivity index (χ2n) is 9.13. The molecule has 41 heavy (non-hydrogen) atoms. The molecule has 0 bridgehead atoms. The van der Waals surface area contributed by atoms with Crippen LogP contribution in [0.1, 0.15) is 28.4 Å². The minimum atomic E-state index is -1.50. The number of hydrogen-bond donors (Lipinski definition) is 3. The number of nitrogen functional groups attached to an aromatic ring is 1. The number of nitrogens with one attached hydrogen (secondary N) is 1. The number of fused-ring (bicyclic) bond motifs is 1. The molecule has 1 aromatic heterocycles. The second kappa shape index (κ2) is 12.6. The first-order valence-corrected chi connectivity index (χ1v) is 12.6. The number of halogens is 2. The molecule has 0 spiro atoms. The van der Waals surface area contributed by atoms with E-state index in [0.29, 0.717) is 46.6 Å². The van der Waals surface area contributed by atoms with Gasteiger partial charge in [0.2, 0.25) is 0 Å². The lowest BCUT2D eigenvalue weighted by molar-refractivity contribution is -0.139. The van der Waals surface area contributed by atoms with Gasteiger partial charge in [-0.05, 0) is 59.3 Å². The van der Waals surface area contributed by atoms with Crippen molar-refractivity contribution in [2.45, 2.75) is 26.0 Å². The van der Waals surface area contributed by atoms with Crippen LogP contribution in [0.4, 0.5) is 14.5 Å². The molecule has 4 rings (SSSR count). The number of hydrogen-bond acceptors (Lipinski definition) is 7. The van der Waals surface area contributed by atoms with Crippen molar-refractivity contribution in [1.29, 1.82) is 0 Å². The van der Waals surface area contributed by atoms with E-state index in [-0.39, 0.29) is 12.1 Å². The van der Waals surface area contributed by atoms with Crippen molar-refractivity contribution in [3.63, 3.8) is 0 Å². The largest absolute Gasteiger partial charge is 0.496 e. The quantitative estimate of drug-likeness (QED) is 0.222. The molecular formula is C30H29F2N3O6. The maximum absolute atomic E-state index is 14.3. The Balaban J connectivity index is 1.74. The molecule has 4 aromatic rings. The summed E-state index contributed by atoms with van der Waals surface area (Å²) in [5.74, 6) is -3.90. The molecule has 1 atom stereocenters. The molecule has 11 heteroatoms. The molecule has 0 aliphatic rings. The summed E-state index contributed by atoms with van der Waals surface area (Å²) < 4.78 is 45.5. The molecule has 0 aliphatic carbocycles. The fourth-order valence-corrected chi connectivity index (χ4v) is 4.64. The Morgan fingerprint density at radius 3 is 2.27 bits per heavy atom. The summed E-state index contributed by atoms with van der Waals surface area (Å²) in [6, 6.07) is 9.01. The van der Waals surface area contributed by atoms with Gasteiger partial charge in [-0.3, -0.25) is 9.78 Å². The number of carboxylic acids is 1. The number of carbonyl (C=O) groups excluding carboxylic acids is 1. The van der Waals surface area contributed by atoms with Crippen molar-refractivity contribution >= 4 is 28.3 Å². The number of carbonyl (C=O) groups is 2. The molecule has 0 unspecified atom stereocenters. The molecule has 0 fully saturated rings. The minimum absolute atomic E-state index is 0.179. The third kappa shape index (κ3) is 6.20. The van der Waals surface area contributed by atoms with Gasteiger partial charge in [0.15, 0.2) is 0 Å². The summed E-state index contributed by atoms with van der Waals surface area (Å²) in [4.78, 5) is 29.1. The van der Waals surface area contributed by atoms with Crippen molar-refractivity contribution < 1.29 is 37.7 Å². The van der Waals surface area contributed by atoms with Crippen LogP contribution in [0.3, 0.4) is 0 Å². The van der Waals surface area contributed by atoms with Crippen molar-refractivity contribution in [2.24, 2.45) is 0 Å². The third-order valence-corrected chi connectivity index (χ3v) is 6.54. The summed E-state index contributed by atoms with van der Waals surface area (Å²) in [5.41, 5.74) is 7.10. The Kier molecular flexibility index (Phi) is 8.98. The van der Waals surface area contributed by atoms with E-state index in [9.17, 15) is 23.5 Å². The number of ether oxygens (including phenoxy) is 3. The van der Waals surface area contributed by atoms with Crippen LogP contribution in [0.2, 0.25) is 0 Å². The second-order valence-corrected chi connectivity index (χ2v) is 9.13. The lowest BCUT2D eigenvalue weighted by atomic mass is 9.92. The third-order valence-electron chi connectivity index (χ3n) is 6.54. The van der Waals surface area contributed by atoms with Gasteiger partial charge in [-0.15, -0.1) is 0 Å². The first-order valence-electron chi connectivity index (χ1n) is 12.6. The van der Waals surface area contributed by atoms with E-state index in [1.807, 2.05) is 19.1 Å². The van der Waals surface area contributed by atoms with Gasteiger partial charge in [-0.1, -0.05) is 12.1 Å². The highest BCUT2D eigenvalue weighted by Crippen LogP contribution is 2.43. The Labute approximate surface area is 234 Å². The van der Waals surface area contributed by atoms with Crippen LogP contribution in [0.15, 0.2) is 54.9 Å². The molecule has 214 valence electrons. The maximum atomic E-state index is 14.3. The van der Waals surface area contributed by atoms with Crippen LogP contribution in [-0.4, -0.2) is 48.8 Å². The van der Waals surface area contributed by atoms with Crippen LogP contribution < -0.4 is 20.5 Å². The lowest BCUT2D eigenvalue weighted by Crippen LogP contribution is -2.43. The van der Waals surface area contributed by atoms with Gasteiger partial charge in [0, 0.05) is 36.5 Å². The summed E-state index contributed by atoms with van der Waals surface area (Å²) in [5, 5.41) is 13.4. The van der Waals surface area contributed by atoms with Gasteiger partial charge in [-0.2, -0.15) is 0 Å². The van der Waals surface area contributed by atoms with Gasteiger partial charge in [-0.25, -0.2) is 13.6 Å². The zero-order valence-corrected chi connectivity index (χ0v) is 22.7. The van der Waals surface area contributed by atoms with Crippen LogP contribution in [-0.2, 0) is 22.6 Å². The number of pyridine rings is 1. The first-order chi connectivity index (χ1) is 19.7. The molecular weight excluding hydrogens is 536 g/mol. The highest BCUT2D eigenvalue weighted by molar-refractivity contribution is 6.01. The zero-order chi connectivity index (χ0) is 29.7. The van der Waals surface area contributed by atoms with E-state index in [1.54, 1.807) is 44.8 Å². The van der Waals surface area contributed by atoms with E-state index in [2.05, 4.69) is 10.3 Å². The zero-order valence-electron chi connectivity index (χ0n) is 22.7. The SMILES string of the molecule is CCOCc1cc(OC)c(-c2ccc(C[C@H](NC(=O)c3c(F)cc(N)cc3F)C(=O)O)c3ccncc23)c(OC)c1. The number of aliphatic carboxylic acids is 1. The maximum Gasteiger partial charge on any atom is 0.326 e. The smallest absolute Gasteiger partial charge is 0.326 e. The molecule has 0 aliphatic heterocycles. The monoisotopic (exact) mass is 565 g/mol. The van der Waals surface area contributed by atoms with Crippen LogP contribution in [0, 0.1) is 11.6 Å². The van der Waals surface area contributed by atoms with Gasteiger partial charge < -0.3 is 30.4 Å². The van der Waals surface area contributed by atoms with Crippen LogP contribution in [0.25, 0.3) is 21.9 Å². The standard InChI is InChI=1S/C30H29F2N3O6/c1-4-41-15-16-9-25(39-2)27(26(10-16)40-3)20-6-5-17(19-7-8-34-14-21(19)20)11-24(30(37)38)35-29(36)28-22(31)12-18(33)13-23(28)32/h5-10,12-14,24H,4,11,15,33H2,1-3H3,(H,35,36)(H,37,38)/t24-/m0/s1. The van der Waals surface area contributed by atoms with Gasteiger partial charge in [0.25, 0.3) is 5.91 Å². The van der Waals surface area contributed by atoms with Crippen molar-refractivity contribution in [2.75, 3.05) is 26.6 Å². The number of amides is 1. The molecule has 0 saturated heterocycles. The molecule has 4 N–H and O–H groups in total. The van der Waals surface area contributed by atoms with Gasteiger partial charge in [0.1, 0.15) is 34.7 Å². The van der Waals surface area contributed by atoms with Crippen molar-refractivity contribution in [3.8, 4) is 22.6 Å². The normalized spacial score (nSPS) is 11.7. The summed E-state index contributed by atoms with van der Waals surface area (Å²) in [6.07, 6.45) is 3.01. The van der Waals surface area contributed by atoms with E-state index < -0.39 is 35.1 Å². The fraction of sp³-hybridized carbons (Fsp3) is 0.233. The fourth-order valence-electron chi connectivity index (χ4n) is 4.64. The van der Waals surface area contributed by atoms with E-state index in [4.69, 9.17) is 19.9 Å². The summed E-state index contributed by atoms with van der Waals surface area (Å²) in [6.45, 7) is 2.82. The first kappa shape index (κ1) is 29.2. The number of nitrogens with two attached hydrogens (primary N) is 1. The number of methoxy groups -OCH3 is 2. The van der Waals surface area contributed by atoms with Gasteiger partial charge >= 0.3 is 5.97 Å². The van der Waals surface area contributed by atoms with Crippen LogP contribution in [0.5, 0.6) is 11.5 Å². The average Bonchev–Trinajstić information content (AvgIpc) is 2.94. The number of rotatable bonds is 11. The number of nitrogens with zero attached hydrogens (tertiary/aromatic N) is 1. The predicted octanol–water partition coefficient (Wildman–Crippen LogP) is 4.74. The lowest BCUT2D eigenvalue weighted by Gasteiger charge is -2.20. The highest BCUT2D eigenvalue weighted by atomic mass is 19.1. The highest BCUT2D eigenvalue weighted by Gasteiger charge is 2.27.